The molecule has 1 fully saturated rings. The third-order valence-electron chi connectivity index (χ3n) is 5.94. The number of ether oxygens (including phenoxy) is 1. The quantitative estimate of drug-likeness (QED) is 0.514. The molecular formula is C26H31N3O3S. The van der Waals surface area contributed by atoms with Crippen LogP contribution in [0.1, 0.15) is 29.7 Å². The minimum absolute atomic E-state index is 0.306. The molecule has 0 spiro atoms. The van der Waals surface area contributed by atoms with Crippen molar-refractivity contribution in [3.63, 3.8) is 0 Å². The number of sulfonamides is 1. The van der Waals surface area contributed by atoms with E-state index in [1.807, 2.05) is 49.4 Å². The highest BCUT2D eigenvalue weighted by Gasteiger charge is 2.22. The Morgan fingerprint density at radius 2 is 1.85 bits per heavy atom. The number of hydrogen-bond acceptors (Lipinski definition) is 5. The van der Waals surface area contributed by atoms with E-state index in [-0.39, 0.29) is 0 Å². The molecule has 1 aliphatic heterocycles. The number of aryl methyl sites for hydroxylation is 1. The summed E-state index contributed by atoms with van der Waals surface area (Å²) in [6, 6.07) is 20.9. The first-order valence-electron chi connectivity index (χ1n) is 11.4. The van der Waals surface area contributed by atoms with Crippen molar-refractivity contribution in [3.8, 4) is 5.75 Å². The zero-order valence-corrected chi connectivity index (χ0v) is 19.8. The zero-order valence-electron chi connectivity index (χ0n) is 19.0. The Labute approximate surface area is 196 Å². The van der Waals surface area contributed by atoms with Crippen LogP contribution in [0.25, 0.3) is 0 Å². The van der Waals surface area contributed by atoms with Gasteiger partial charge in [0.1, 0.15) is 12.4 Å². The van der Waals surface area contributed by atoms with Crippen LogP contribution in [0.15, 0.2) is 77.8 Å². The average molecular weight is 466 g/mol. The van der Waals surface area contributed by atoms with Gasteiger partial charge in [-0.2, -0.15) is 0 Å². The van der Waals surface area contributed by atoms with Gasteiger partial charge >= 0.3 is 0 Å². The Hall–Kier alpha value is -2.74. The Balaban J connectivity index is 1.26. The first-order valence-corrected chi connectivity index (χ1v) is 12.9. The number of aromatic nitrogens is 1. The largest absolute Gasteiger partial charge is 0.487 e. The maximum Gasteiger partial charge on any atom is 0.240 e. The van der Waals surface area contributed by atoms with E-state index in [0.717, 1.165) is 49.5 Å². The standard InChI is InChI=1S/C26H31N3O3S/c1-21-7-13-26(14-8-21)33(30,31)28-17-23-5-4-16-29(19-23)18-22-9-11-25(12-10-22)32-20-24-6-2-3-15-27-24/h2-3,6-15,23,28H,4-5,16-20H2,1H3. The Bertz CT molecular complexity index is 1120. The molecule has 0 radical (unpaired) electrons. The summed E-state index contributed by atoms with van der Waals surface area (Å²) in [7, 11) is -3.47. The molecule has 2 aromatic carbocycles. The van der Waals surface area contributed by atoms with Crippen molar-refractivity contribution in [2.45, 2.75) is 37.8 Å². The molecule has 3 aromatic rings. The average Bonchev–Trinajstić information content (AvgIpc) is 2.84. The fourth-order valence-electron chi connectivity index (χ4n) is 4.08. The van der Waals surface area contributed by atoms with E-state index in [4.69, 9.17) is 4.74 Å². The van der Waals surface area contributed by atoms with Crippen molar-refractivity contribution in [1.82, 2.24) is 14.6 Å². The number of pyridine rings is 1. The molecule has 4 rings (SSSR count). The van der Waals surface area contributed by atoms with Gasteiger partial charge < -0.3 is 4.74 Å². The molecule has 1 aliphatic rings. The SMILES string of the molecule is Cc1ccc(S(=O)(=O)NCC2CCCN(Cc3ccc(OCc4ccccn4)cc3)C2)cc1. The van der Waals surface area contributed by atoms with E-state index < -0.39 is 10.0 Å². The molecule has 2 heterocycles. The van der Waals surface area contributed by atoms with Crippen LogP contribution in [0.5, 0.6) is 5.75 Å². The Morgan fingerprint density at radius 1 is 1.06 bits per heavy atom. The Kier molecular flexibility index (Phi) is 7.75. The van der Waals surface area contributed by atoms with Crippen LogP contribution in [0, 0.1) is 12.8 Å². The number of benzene rings is 2. The van der Waals surface area contributed by atoms with Crippen LogP contribution in [-0.4, -0.2) is 37.9 Å². The maximum atomic E-state index is 12.6. The van der Waals surface area contributed by atoms with Gasteiger partial charge in [0.15, 0.2) is 0 Å². The molecular weight excluding hydrogens is 434 g/mol. The van der Waals surface area contributed by atoms with Gasteiger partial charge in [-0.05, 0) is 74.2 Å². The molecule has 1 aromatic heterocycles. The van der Waals surface area contributed by atoms with Gasteiger partial charge in [-0.15, -0.1) is 0 Å². The van der Waals surface area contributed by atoms with Crippen molar-refractivity contribution < 1.29 is 13.2 Å². The van der Waals surface area contributed by atoms with E-state index >= 15 is 0 Å². The van der Waals surface area contributed by atoms with Gasteiger partial charge in [-0.3, -0.25) is 9.88 Å². The van der Waals surface area contributed by atoms with Crippen LogP contribution in [0.4, 0.5) is 0 Å². The number of hydrogen-bond donors (Lipinski definition) is 1. The predicted molar refractivity (Wildman–Crippen MR) is 129 cm³/mol. The number of nitrogens with zero attached hydrogens (tertiary/aromatic N) is 2. The van der Waals surface area contributed by atoms with Crippen LogP contribution in [-0.2, 0) is 23.2 Å². The highest BCUT2D eigenvalue weighted by Crippen LogP contribution is 2.21. The molecule has 1 saturated heterocycles. The van der Waals surface area contributed by atoms with Gasteiger partial charge in [0.05, 0.1) is 10.6 Å². The summed E-state index contributed by atoms with van der Waals surface area (Å²) in [5.74, 6) is 1.13. The second-order valence-electron chi connectivity index (χ2n) is 8.66. The fraction of sp³-hybridized carbons (Fsp3) is 0.346. The summed E-state index contributed by atoms with van der Waals surface area (Å²) in [5.41, 5.74) is 3.17. The first-order chi connectivity index (χ1) is 16.0. The third kappa shape index (κ3) is 6.87. The smallest absolute Gasteiger partial charge is 0.240 e. The molecule has 6 nitrogen and oxygen atoms in total. The van der Waals surface area contributed by atoms with Gasteiger partial charge in [0.25, 0.3) is 0 Å². The van der Waals surface area contributed by atoms with Crippen molar-refractivity contribution in [1.29, 1.82) is 0 Å². The number of rotatable bonds is 9. The van der Waals surface area contributed by atoms with Gasteiger partial charge in [-0.25, -0.2) is 13.1 Å². The van der Waals surface area contributed by atoms with Crippen LogP contribution >= 0.6 is 0 Å². The lowest BCUT2D eigenvalue weighted by atomic mass is 9.98. The normalized spacial score (nSPS) is 17.1. The van der Waals surface area contributed by atoms with Gasteiger partial charge in [-0.1, -0.05) is 35.9 Å². The summed E-state index contributed by atoms with van der Waals surface area (Å²) in [5, 5.41) is 0. The molecule has 7 heteroatoms. The molecule has 0 amide bonds. The minimum Gasteiger partial charge on any atom is -0.487 e. The molecule has 174 valence electrons. The van der Waals surface area contributed by atoms with Gasteiger partial charge in [0.2, 0.25) is 10.0 Å². The highest BCUT2D eigenvalue weighted by atomic mass is 32.2. The van der Waals surface area contributed by atoms with Crippen LogP contribution < -0.4 is 9.46 Å². The summed E-state index contributed by atoms with van der Waals surface area (Å²) in [4.78, 5) is 7.00. The molecule has 1 N–H and O–H groups in total. The number of piperidine rings is 1. The lowest BCUT2D eigenvalue weighted by molar-refractivity contribution is 0.169. The third-order valence-corrected chi connectivity index (χ3v) is 7.38. The van der Waals surface area contributed by atoms with Crippen LogP contribution in [0.2, 0.25) is 0 Å². The molecule has 0 aliphatic carbocycles. The van der Waals surface area contributed by atoms with E-state index in [0.29, 0.717) is 24.0 Å². The second kappa shape index (κ2) is 10.9. The second-order valence-corrected chi connectivity index (χ2v) is 10.4. The van der Waals surface area contributed by atoms with Crippen molar-refractivity contribution >= 4 is 10.0 Å². The Morgan fingerprint density at radius 3 is 2.58 bits per heavy atom. The highest BCUT2D eigenvalue weighted by molar-refractivity contribution is 7.89. The van der Waals surface area contributed by atoms with E-state index in [1.54, 1.807) is 18.3 Å². The molecule has 1 unspecified atom stereocenters. The molecule has 0 saturated carbocycles. The summed E-state index contributed by atoms with van der Waals surface area (Å²) in [6.45, 7) is 5.62. The van der Waals surface area contributed by atoms with E-state index in [9.17, 15) is 8.42 Å². The lowest BCUT2D eigenvalue weighted by Gasteiger charge is -2.32. The van der Waals surface area contributed by atoms with E-state index in [2.05, 4.69) is 26.7 Å². The van der Waals surface area contributed by atoms with E-state index in [1.165, 1.54) is 5.56 Å². The molecule has 1 atom stereocenters. The fourth-order valence-corrected chi connectivity index (χ4v) is 5.20. The van der Waals surface area contributed by atoms with Crippen molar-refractivity contribution in [2.24, 2.45) is 5.92 Å². The molecule has 0 bridgehead atoms. The number of likely N-dealkylation sites (tertiary alicyclic amines) is 1. The summed E-state index contributed by atoms with van der Waals surface area (Å²) in [6.07, 6.45) is 3.87. The zero-order chi connectivity index (χ0) is 23.1. The first kappa shape index (κ1) is 23.4. The monoisotopic (exact) mass is 465 g/mol. The predicted octanol–water partition coefficient (Wildman–Crippen LogP) is 4.16. The lowest BCUT2D eigenvalue weighted by Crippen LogP contribution is -2.40. The van der Waals surface area contributed by atoms with Crippen molar-refractivity contribution in [2.75, 3.05) is 19.6 Å². The van der Waals surface area contributed by atoms with Crippen LogP contribution in [0.3, 0.4) is 0 Å². The topological polar surface area (TPSA) is 71.5 Å². The summed E-state index contributed by atoms with van der Waals surface area (Å²) >= 11 is 0. The summed E-state index contributed by atoms with van der Waals surface area (Å²) < 4.78 is 33.8. The van der Waals surface area contributed by atoms with Crippen molar-refractivity contribution in [3.05, 3.63) is 89.7 Å². The maximum absolute atomic E-state index is 12.6. The van der Waals surface area contributed by atoms with Gasteiger partial charge in [0, 0.05) is 25.8 Å². The minimum atomic E-state index is -3.47. The number of nitrogens with one attached hydrogen (secondary N) is 1. The molecule has 33 heavy (non-hydrogen) atoms.